The lowest BCUT2D eigenvalue weighted by Gasteiger charge is -2.20. The predicted molar refractivity (Wildman–Crippen MR) is 39.1 cm³/mol. The fraction of sp³-hybridized carbons (Fsp3) is 0.714. The zero-order chi connectivity index (χ0) is 8.27. The molecule has 0 aromatic heterocycles. The van der Waals surface area contributed by atoms with Crippen LogP contribution in [-0.4, -0.2) is 35.5 Å². The molecule has 1 rings (SSSR count). The molecule has 0 aliphatic carbocycles. The van der Waals surface area contributed by atoms with Crippen LogP contribution in [-0.2, 0) is 4.74 Å². The minimum absolute atomic E-state index is 0.259. The zero-order valence-corrected chi connectivity index (χ0v) is 6.32. The number of likely N-dealkylation sites (tertiary alicyclic amines) is 1. The van der Waals surface area contributed by atoms with E-state index in [4.69, 9.17) is 5.11 Å². The van der Waals surface area contributed by atoms with Crippen LogP contribution in [0.25, 0.3) is 0 Å². The summed E-state index contributed by atoms with van der Waals surface area (Å²) in [5.74, 6) is 0. The normalized spacial score (nSPS) is 25.4. The third-order valence-electron chi connectivity index (χ3n) is 1.83. The predicted octanol–water partition coefficient (Wildman–Crippen LogP) is 0.937. The molecule has 0 saturated carbocycles. The molecule has 4 nitrogen and oxygen atoms in total. The summed E-state index contributed by atoms with van der Waals surface area (Å²) in [6.45, 7) is 5.18. The minimum Gasteiger partial charge on any atom is -0.450 e. The monoisotopic (exact) mass is 158 g/mol. The number of ether oxygens (including phenoxy) is 1. The van der Waals surface area contributed by atoms with Gasteiger partial charge in [0.15, 0.2) is 6.23 Å². The van der Waals surface area contributed by atoms with Crippen LogP contribution in [0.5, 0.6) is 0 Å². The minimum atomic E-state index is -1.20. The van der Waals surface area contributed by atoms with Crippen molar-refractivity contribution in [3.05, 3.63) is 6.92 Å². The van der Waals surface area contributed by atoms with Gasteiger partial charge >= 0.3 is 6.16 Å². The van der Waals surface area contributed by atoms with Crippen LogP contribution in [0.3, 0.4) is 0 Å². The summed E-state index contributed by atoms with van der Waals surface area (Å²) < 4.78 is 4.62. The molecule has 0 amide bonds. The lowest BCUT2D eigenvalue weighted by atomic mass is 10.4. The molecule has 1 saturated heterocycles. The van der Waals surface area contributed by atoms with Gasteiger partial charge in [-0.25, -0.2) is 4.79 Å². The Morgan fingerprint density at radius 1 is 1.82 bits per heavy atom. The van der Waals surface area contributed by atoms with Crippen molar-refractivity contribution >= 4 is 6.16 Å². The van der Waals surface area contributed by atoms with Gasteiger partial charge in [0.1, 0.15) is 0 Å². The van der Waals surface area contributed by atoms with Gasteiger partial charge < -0.3 is 9.84 Å². The largest absolute Gasteiger partial charge is 0.507 e. The highest BCUT2D eigenvalue weighted by Gasteiger charge is 2.25. The zero-order valence-electron chi connectivity index (χ0n) is 6.32. The number of nitrogens with zero attached hydrogens (tertiary/aromatic N) is 1. The van der Waals surface area contributed by atoms with E-state index in [1.54, 1.807) is 0 Å². The van der Waals surface area contributed by atoms with Crippen molar-refractivity contribution in [2.75, 3.05) is 13.1 Å². The van der Waals surface area contributed by atoms with Gasteiger partial charge in [0.05, 0.1) is 0 Å². The average Bonchev–Trinajstić information content (AvgIpc) is 2.34. The van der Waals surface area contributed by atoms with Gasteiger partial charge in [0.2, 0.25) is 0 Å². The van der Waals surface area contributed by atoms with E-state index in [1.165, 1.54) is 0 Å². The summed E-state index contributed by atoms with van der Waals surface area (Å²) in [5.41, 5.74) is 0. The van der Waals surface area contributed by atoms with Crippen molar-refractivity contribution in [2.45, 2.75) is 19.1 Å². The van der Waals surface area contributed by atoms with Gasteiger partial charge in [-0.3, -0.25) is 4.90 Å². The molecular weight excluding hydrogens is 146 g/mol. The van der Waals surface area contributed by atoms with Crippen molar-refractivity contribution in [1.29, 1.82) is 0 Å². The quantitative estimate of drug-likeness (QED) is 0.607. The second kappa shape index (κ2) is 3.57. The van der Waals surface area contributed by atoms with E-state index in [-0.39, 0.29) is 6.23 Å². The van der Waals surface area contributed by atoms with E-state index in [2.05, 4.69) is 11.7 Å². The molecule has 63 valence electrons. The van der Waals surface area contributed by atoms with Crippen LogP contribution in [0.4, 0.5) is 4.79 Å². The van der Waals surface area contributed by atoms with Gasteiger partial charge in [0, 0.05) is 13.1 Å². The summed E-state index contributed by atoms with van der Waals surface area (Å²) in [6, 6.07) is 0. The molecule has 1 N–H and O–H groups in total. The molecule has 1 atom stereocenters. The highest BCUT2D eigenvalue weighted by atomic mass is 16.7. The maximum Gasteiger partial charge on any atom is 0.507 e. The summed E-state index contributed by atoms with van der Waals surface area (Å²) in [4.78, 5) is 12.1. The summed E-state index contributed by atoms with van der Waals surface area (Å²) in [7, 11) is 0. The van der Waals surface area contributed by atoms with Gasteiger partial charge in [-0.1, -0.05) is 0 Å². The van der Waals surface area contributed by atoms with Gasteiger partial charge in [0.25, 0.3) is 0 Å². The molecule has 1 aliphatic heterocycles. The smallest absolute Gasteiger partial charge is 0.450 e. The first-order chi connectivity index (χ1) is 5.24. The van der Waals surface area contributed by atoms with Crippen LogP contribution in [0.15, 0.2) is 0 Å². The third-order valence-corrected chi connectivity index (χ3v) is 1.83. The molecule has 1 unspecified atom stereocenters. The lowest BCUT2D eigenvalue weighted by molar-refractivity contribution is -0.00909. The maximum absolute atomic E-state index is 10.1. The third kappa shape index (κ3) is 2.08. The standard InChI is InChI=1S/C7H12NO3/c1-2-8-5-3-4-6(8)11-7(9)10/h6H,1-5H2,(H,9,10). The molecule has 1 aliphatic rings. The van der Waals surface area contributed by atoms with Crippen LogP contribution >= 0.6 is 0 Å². The first-order valence-electron chi connectivity index (χ1n) is 3.67. The Hall–Kier alpha value is -0.770. The Labute approximate surface area is 65.8 Å². The Balaban J connectivity index is 2.37. The molecule has 1 radical (unpaired) electrons. The Morgan fingerprint density at radius 3 is 3.09 bits per heavy atom. The SMILES string of the molecule is [CH2]CN1CCCC1OC(=O)O. The average molecular weight is 158 g/mol. The van der Waals surface area contributed by atoms with E-state index in [0.717, 1.165) is 19.4 Å². The van der Waals surface area contributed by atoms with Crippen molar-refractivity contribution in [3.8, 4) is 0 Å². The van der Waals surface area contributed by atoms with E-state index in [0.29, 0.717) is 6.54 Å². The van der Waals surface area contributed by atoms with Crippen LogP contribution in [0.2, 0.25) is 0 Å². The molecule has 11 heavy (non-hydrogen) atoms. The summed E-state index contributed by atoms with van der Waals surface area (Å²) >= 11 is 0. The Bertz CT molecular complexity index is 149. The highest BCUT2D eigenvalue weighted by molar-refractivity contribution is 5.57. The summed E-state index contributed by atoms with van der Waals surface area (Å²) in [6.07, 6.45) is 0.329. The molecule has 0 aromatic carbocycles. The number of hydrogen-bond acceptors (Lipinski definition) is 3. The molecule has 1 heterocycles. The maximum atomic E-state index is 10.1. The second-order valence-corrected chi connectivity index (χ2v) is 2.52. The van der Waals surface area contributed by atoms with Crippen LogP contribution < -0.4 is 0 Å². The Kier molecular flexibility index (Phi) is 2.70. The fourth-order valence-corrected chi connectivity index (χ4v) is 1.30. The topological polar surface area (TPSA) is 49.8 Å². The van der Waals surface area contributed by atoms with E-state index in [1.807, 2.05) is 4.90 Å². The molecule has 4 heteroatoms. The fourth-order valence-electron chi connectivity index (χ4n) is 1.30. The molecular formula is C7H12NO3. The lowest BCUT2D eigenvalue weighted by Crippen LogP contribution is -2.32. The van der Waals surface area contributed by atoms with Crippen molar-refractivity contribution in [3.63, 3.8) is 0 Å². The molecule has 0 bridgehead atoms. The van der Waals surface area contributed by atoms with E-state index >= 15 is 0 Å². The van der Waals surface area contributed by atoms with Crippen molar-refractivity contribution in [2.24, 2.45) is 0 Å². The molecule has 0 aromatic rings. The number of carboxylic acid groups (broad SMARTS) is 1. The van der Waals surface area contributed by atoms with Crippen molar-refractivity contribution in [1.82, 2.24) is 4.90 Å². The number of rotatable bonds is 2. The van der Waals surface area contributed by atoms with E-state index in [9.17, 15) is 4.79 Å². The Morgan fingerprint density at radius 2 is 2.55 bits per heavy atom. The van der Waals surface area contributed by atoms with Gasteiger partial charge in [-0.2, -0.15) is 0 Å². The molecule has 1 fully saturated rings. The first-order valence-corrected chi connectivity index (χ1v) is 3.67. The van der Waals surface area contributed by atoms with Gasteiger partial charge in [-0.15, -0.1) is 0 Å². The second-order valence-electron chi connectivity index (χ2n) is 2.52. The van der Waals surface area contributed by atoms with Gasteiger partial charge in [-0.05, 0) is 19.8 Å². The highest BCUT2D eigenvalue weighted by Crippen LogP contribution is 2.17. The van der Waals surface area contributed by atoms with Crippen molar-refractivity contribution < 1.29 is 14.6 Å². The summed E-state index contributed by atoms with van der Waals surface area (Å²) in [5, 5.41) is 8.32. The number of hydrogen-bond donors (Lipinski definition) is 1. The molecule has 0 spiro atoms. The van der Waals surface area contributed by atoms with E-state index < -0.39 is 6.16 Å². The van der Waals surface area contributed by atoms with Crippen LogP contribution in [0, 0.1) is 6.92 Å². The first kappa shape index (κ1) is 8.33. The number of carbonyl (C=O) groups is 1. The van der Waals surface area contributed by atoms with Crippen LogP contribution in [0.1, 0.15) is 12.8 Å².